The van der Waals surface area contributed by atoms with Crippen molar-refractivity contribution in [2.24, 2.45) is 0 Å². The molecule has 0 bridgehead atoms. The van der Waals surface area contributed by atoms with E-state index >= 15 is 0 Å². The summed E-state index contributed by atoms with van der Waals surface area (Å²) in [6, 6.07) is 8.69. The number of rotatable bonds is 6. The minimum absolute atomic E-state index is 0. The van der Waals surface area contributed by atoms with Crippen LogP contribution in [0.4, 0.5) is 5.69 Å². The van der Waals surface area contributed by atoms with Gasteiger partial charge < -0.3 is 21.7 Å². The van der Waals surface area contributed by atoms with Crippen molar-refractivity contribution in [1.29, 1.82) is 0 Å². The average molecular weight is 395 g/mol. The van der Waals surface area contributed by atoms with E-state index in [1.807, 2.05) is 0 Å². The molecule has 0 saturated carbocycles. The lowest BCUT2D eigenvalue weighted by Gasteiger charge is -2.01. The van der Waals surface area contributed by atoms with Crippen LogP contribution in [0.25, 0.3) is 0 Å². The van der Waals surface area contributed by atoms with Crippen molar-refractivity contribution < 1.29 is 40.8 Å². The highest BCUT2D eigenvalue weighted by atomic mass is 79.9. The van der Waals surface area contributed by atoms with Crippen LogP contribution in [-0.2, 0) is 11.3 Å². The van der Waals surface area contributed by atoms with Gasteiger partial charge in [0.1, 0.15) is 0 Å². The summed E-state index contributed by atoms with van der Waals surface area (Å²) < 4.78 is 6.46. The first-order valence-corrected chi connectivity index (χ1v) is 6.95. The topological polar surface area (TPSA) is 90.4 Å². The minimum Gasteiger partial charge on any atom is -1.00 e. The van der Waals surface area contributed by atoms with Crippen molar-refractivity contribution in [2.75, 3.05) is 6.61 Å². The highest BCUT2D eigenvalue weighted by molar-refractivity contribution is 5.95. The predicted octanol–water partition coefficient (Wildman–Crippen LogP) is -1.05. The largest absolute Gasteiger partial charge is 1.00 e. The summed E-state index contributed by atoms with van der Waals surface area (Å²) in [5.74, 6) is -0.688. The number of halogens is 1. The van der Waals surface area contributed by atoms with Gasteiger partial charge in [-0.2, -0.15) is 4.57 Å². The number of ketones is 1. The SMILES string of the molecule is CCOC(=O)c1cc[n+](CC(=O)c2cccc([N+](=O)[O-])c2)cc1.[Br-]. The monoisotopic (exact) mass is 394 g/mol. The van der Waals surface area contributed by atoms with E-state index in [-0.39, 0.29) is 40.6 Å². The van der Waals surface area contributed by atoms with Crippen molar-refractivity contribution in [1.82, 2.24) is 0 Å². The molecular weight excluding hydrogens is 380 g/mol. The first-order chi connectivity index (χ1) is 11.0. The number of non-ortho nitro benzene ring substituents is 1. The Hall–Kier alpha value is -2.61. The van der Waals surface area contributed by atoms with Gasteiger partial charge in [-0.25, -0.2) is 4.79 Å². The van der Waals surface area contributed by atoms with Crippen molar-refractivity contribution in [2.45, 2.75) is 13.5 Å². The van der Waals surface area contributed by atoms with E-state index in [0.717, 1.165) is 0 Å². The molecule has 0 N–H and O–H groups in total. The van der Waals surface area contributed by atoms with Crippen LogP contribution in [0.1, 0.15) is 27.6 Å². The van der Waals surface area contributed by atoms with Crippen LogP contribution in [0.5, 0.6) is 0 Å². The summed E-state index contributed by atoms with van der Waals surface area (Å²) in [5, 5.41) is 10.7. The molecule has 126 valence electrons. The Bertz CT molecular complexity index is 746. The standard InChI is InChI=1S/C16H15N2O5.BrH/c1-2-23-16(20)12-6-8-17(9-7-12)11-15(19)13-4-3-5-14(10-13)18(21)22;/h3-10H,2,11H2,1H3;1H/q+1;/p-1. The fraction of sp³-hybridized carbons (Fsp3) is 0.188. The molecule has 0 spiro atoms. The van der Waals surface area contributed by atoms with E-state index in [9.17, 15) is 19.7 Å². The zero-order chi connectivity index (χ0) is 16.8. The Labute approximate surface area is 148 Å². The Morgan fingerprint density at radius 2 is 1.83 bits per heavy atom. The molecule has 2 aromatic rings. The van der Waals surface area contributed by atoms with Crippen LogP contribution >= 0.6 is 0 Å². The molecular formula is C16H15BrN2O5. The molecule has 1 aromatic heterocycles. The van der Waals surface area contributed by atoms with Crippen LogP contribution in [0.3, 0.4) is 0 Å². The molecule has 0 amide bonds. The number of hydrogen-bond donors (Lipinski definition) is 0. The van der Waals surface area contributed by atoms with Gasteiger partial charge in [-0.15, -0.1) is 0 Å². The van der Waals surface area contributed by atoms with E-state index in [1.165, 1.54) is 24.3 Å². The van der Waals surface area contributed by atoms with Gasteiger partial charge in [0.15, 0.2) is 12.4 Å². The highest BCUT2D eigenvalue weighted by Gasteiger charge is 2.16. The number of Topliss-reactive ketones (excluding diaryl/α,β-unsaturated/α-hetero) is 1. The normalized spacial score (nSPS) is 9.71. The molecule has 24 heavy (non-hydrogen) atoms. The summed E-state index contributed by atoms with van der Waals surface area (Å²) in [7, 11) is 0. The molecule has 0 aliphatic heterocycles. The van der Waals surface area contributed by atoms with Gasteiger partial charge in [0.05, 0.1) is 17.1 Å². The Morgan fingerprint density at radius 3 is 2.42 bits per heavy atom. The van der Waals surface area contributed by atoms with E-state index in [4.69, 9.17) is 4.74 Å². The smallest absolute Gasteiger partial charge is 0.338 e. The number of aromatic nitrogens is 1. The molecule has 0 atom stereocenters. The molecule has 8 heteroatoms. The summed E-state index contributed by atoms with van der Waals surface area (Å²) >= 11 is 0. The van der Waals surface area contributed by atoms with Gasteiger partial charge >= 0.3 is 5.97 Å². The maximum Gasteiger partial charge on any atom is 0.338 e. The fourth-order valence-electron chi connectivity index (χ4n) is 1.96. The first kappa shape index (κ1) is 19.4. The number of nitro groups is 1. The number of esters is 1. The van der Waals surface area contributed by atoms with E-state index in [0.29, 0.717) is 12.2 Å². The second-order valence-corrected chi connectivity index (χ2v) is 4.71. The van der Waals surface area contributed by atoms with Gasteiger partial charge in [-0.3, -0.25) is 14.9 Å². The number of carbonyl (C=O) groups is 2. The van der Waals surface area contributed by atoms with Crippen molar-refractivity contribution in [3.8, 4) is 0 Å². The molecule has 0 aliphatic carbocycles. The number of ether oxygens (including phenoxy) is 1. The number of nitrogens with zero attached hydrogens (tertiary/aromatic N) is 2. The Kier molecular flexibility index (Phi) is 7.19. The lowest BCUT2D eigenvalue weighted by atomic mass is 10.1. The van der Waals surface area contributed by atoms with Gasteiger partial charge in [0.25, 0.3) is 5.69 Å². The third-order valence-corrected chi connectivity index (χ3v) is 3.11. The predicted molar refractivity (Wildman–Crippen MR) is 80.0 cm³/mol. The lowest BCUT2D eigenvalue weighted by molar-refractivity contribution is -0.683. The maximum absolute atomic E-state index is 12.2. The average Bonchev–Trinajstić information content (AvgIpc) is 2.55. The zero-order valence-electron chi connectivity index (χ0n) is 12.8. The number of carbonyl (C=O) groups excluding carboxylic acids is 2. The number of nitro benzene ring substituents is 1. The van der Waals surface area contributed by atoms with Crippen molar-refractivity contribution >= 4 is 17.4 Å². The second kappa shape index (κ2) is 8.88. The minimum atomic E-state index is -0.544. The van der Waals surface area contributed by atoms with Crippen LogP contribution in [0, 0.1) is 10.1 Å². The zero-order valence-corrected chi connectivity index (χ0v) is 14.4. The lowest BCUT2D eigenvalue weighted by Crippen LogP contribution is -3.00. The van der Waals surface area contributed by atoms with Crippen molar-refractivity contribution in [3.05, 3.63) is 70.0 Å². The second-order valence-electron chi connectivity index (χ2n) is 4.71. The summed E-state index contributed by atoms with van der Waals surface area (Å²) in [6.45, 7) is 2.03. The van der Waals surface area contributed by atoms with Crippen molar-refractivity contribution in [3.63, 3.8) is 0 Å². The molecule has 0 aliphatic rings. The quantitative estimate of drug-likeness (QED) is 0.205. The maximum atomic E-state index is 12.2. The summed E-state index contributed by atoms with van der Waals surface area (Å²) in [4.78, 5) is 33.9. The third kappa shape index (κ3) is 4.95. The number of hydrogen-bond acceptors (Lipinski definition) is 5. The van der Waals surface area contributed by atoms with Gasteiger partial charge in [0, 0.05) is 29.8 Å². The number of benzene rings is 1. The molecule has 0 unspecified atom stereocenters. The van der Waals surface area contributed by atoms with Gasteiger partial charge in [-0.05, 0) is 6.92 Å². The van der Waals surface area contributed by atoms with E-state index in [1.54, 1.807) is 36.0 Å². The van der Waals surface area contributed by atoms with Gasteiger partial charge in [0.2, 0.25) is 12.3 Å². The highest BCUT2D eigenvalue weighted by Crippen LogP contribution is 2.13. The van der Waals surface area contributed by atoms with Gasteiger partial charge in [-0.1, -0.05) is 12.1 Å². The Balaban J connectivity index is 0.00000288. The molecule has 1 heterocycles. The molecule has 0 radical (unpaired) electrons. The molecule has 1 aromatic carbocycles. The van der Waals surface area contributed by atoms with Crippen LogP contribution in [0.2, 0.25) is 0 Å². The summed E-state index contributed by atoms with van der Waals surface area (Å²) in [5.41, 5.74) is 0.533. The third-order valence-electron chi connectivity index (χ3n) is 3.11. The molecule has 2 rings (SSSR count). The summed E-state index contributed by atoms with van der Waals surface area (Å²) in [6.07, 6.45) is 3.17. The van der Waals surface area contributed by atoms with E-state index in [2.05, 4.69) is 0 Å². The first-order valence-electron chi connectivity index (χ1n) is 6.95. The van der Waals surface area contributed by atoms with E-state index < -0.39 is 10.9 Å². The molecule has 0 fully saturated rings. The van der Waals surface area contributed by atoms with Crippen LogP contribution in [0.15, 0.2) is 48.8 Å². The Morgan fingerprint density at radius 1 is 1.17 bits per heavy atom. The molecule has 0 saturated heterocycles. The van der Waals surface area contributed by atoms with Crippen LogP contribution in [-0.4, -0.2) is 23.3 Å². The molecule has 7 nitrogen and oxygen atoms in total. The van der Waals surface area contributed by atoms with Crippen LogP contribution < -0.4 is 21.5 Å². The fourth-order valence-corrected chi connectivity index (χ4v) is 1.96. The number of pyridine rings is 1.